The second kappa shape index (κ2) is 28.1. The summed E-state index contributed by atoms with van der Waals surface area (Å²) in [6, 6.07) is 1.51. The molecule has 6 aliphatic heterocycles. The van der Waals surface area contributed by atoms with Crippen LogP contribution in [0.5, 0.6) is 0 Å². The summed E-state index contributed by atoms with van der Waals surface area (Å²) in [5.41, 5.74) is 0. The van der Waals surface area contributed by atoms with Gasteiger partial charge in [-0.2, -0.15) is 23.5 Å². The Hall–Kier alpha value is 0.540. The molecule has 6 aliphatic rings. The van der Waals surface area contributed by atoms with E-state index in [9.17, 15) is 0 Å². The zero-order valence-corrected chi connectivity index (χ0v) is 36.1. The van der Waals surface area contributed by atoms with Gasteiger partial charge in [0.25, 0.3) is 0 Å². The molecule has 288 valence electrons. The topological polar surface area (TPSA) is 48.1 Å². The molecular formula is C42H88N4S2. The largest absolute Gasteiger partial charge is 0.316 e. The number of hydrogen-bond acceptors (Lipinski definition) is 6. The minimum Gasteiger partial charge on any atom is -0.316 e. The Bertz CT molecular complexity index is 525. The van der Waals surface area contributed by atoms with Gasteiger partial charge in [0.15, 0.2) is 0 Å². The van der Waals surface area contributed by atoms with Gasteiger partial charge in [0, 0.05) is 17.3 Å². The number of nitrogens with one attached hydrogen (secondary N) is 4. The molecule has 48 heavy (non-hydrogen) atoms. The average molecular weight is 713 g/mol. The first-order valence-corrected chi connectivity index (χ1v) is 23.1. The lowest BCUT2D eigenvalue weighted by Crippen LogP contribution is -2.37. The van der Waals surface area contributed by atoms with Crippen molar-refractivity contribution < 1.29 is 0 Å². The highest BCUT2D eigenvalue weighted by molar-refractivity contribution is 8.00. The molecule has 12 atom stereocenters. The predicted molar refractivity (Wildman–Crippen MR) is 224 cm³/mol. The van der Waals surface area contributed by atoms with E-state index in [1.54, 1.807) is 0 Å². The SMILES string of the molecule is CC1CCCNC1C.CC1CCCNC1C.CC1CCCSC1C.CC1CCNCC1C.CC1CCNCC1C.CC1CCSCC1C. The lowest BCUT2D eigenvalue weighted by atomic mass is 9.90. The van der Waals surface area contributed by atoms with E-state index in [1.807, 2.05) is 0 Å². The molecule has 6 heterocycles. The minimum absolute atomic E-state index is 0.753. The molecule has 0 aromatic carbocycles. The predicted octanol–water partition coefficient (Wildman–Crippen LogP) is 10.2. The summed E-state index contributed by atoms with van der Waals surface area (Å²) in [4.78, 5) is 0. The van der Waals surface area contributed by atoms with Crippen LogP contribution >= 0.6 is 23.5 Å². The van der Waals surface area contributed by atoms with Gasteiger partial charge in [-0.3, -0.25) is 0 Å². The van der Waals surface area contributed by atoms with Crippen molar-refractivity contribution >= 4 is 23.5 Å². The zero-order valence-electron chi connectivity index (χ0n) is 34.5. The van der Waals surface area contributed by atoms with Crippen molar-refractivity contribution in [2.24, 2.45) is 53.3 Å². The monoisotopic (exact) mass is 713 g/mol. The molecule has 0 amide bonds. The highest BCUT2D eigenvalue weighted by Crippen LogP contribution is 2.29. The van der Waals surface area contributed by atoms with E-state index >= 15 is 0 Å². The number of hydrogen-bond donors (Lipinski definition) is 4. The van der Waals surface area contributed by atoms with Crippen LogP contribution in [0.1, 0.15) is 141 Å². The maximum absolute atomic E-state index is 3.43. The molecule has 6 saturated heterocycles. The van der Waals surface area contributed by atoms with Crippen LogP contribution in [-0.2, 0) is 0 Å². The summed E-state index contributed by atoms with van der Waals surface area (Å²) in [6.07, 6.45) is 12.6. The van der Waals surface area contributed by atoms with E-state index < -0.39 is 0 Å². The molecule has 4 nitrogen and oxygen atoms in total. The lowest BCUT2D eigenvalue weighted by Gasteiger charge is -2.26. The van der Waals surface area contributed by atoms with Crippen molar-refractivity contribution in [1.82, 2.24) is 21.3 Å². The molecule has 0 aliphatic carbocycles. The molecule has 0 saturated carbocycles. The fraction of sp³-hybridized carbons (Fsp3) is 1.00. The summed E-state index contributed by atoms with van der Waals surface area (Å²) in [6.45, 7) is 35.3. The van der Waals surface area contributed by atoms with Crippen LogP contribution in [0.15, 0.2) is 0 Å². The normalized spacial score (nSPS) is 39.8. The molecule has 0 bridgehead atoms. The van der Waals surface area contributed by atoms with E-state index in [2.05, 4.69) is 128 Å². The third-order valence-corrected chi connectivity index (χ3v) is 15.6. The Balaban J connectivity index is 0.000000288. The van der Waals surface area contributed by atoms with Crippen LogP contribution in [0.25, 0.3) is 0 Å². The molecule has 6 fully saturated rings. The molecule has 0 spiro atoms. The van der Waals surface area contributed by atoms with Crippen LogP contribution in [0.4, 0.5) is 0 Å². The van der Waals surface area contributed by atoms with Gasteiger partial charge in [0.1, 0.15) is 0 Å². The van der Waals surface area contributed by atoms with Crippen LogP contribution in [0, 0.1) is 53.3 Å². The summed E-state index contributed by atoms with van der Waals surface area (Å²) >= 11 is 4.23. The fourth-order valence-corrected chi connectivity index (χ4v) is 9.34. The number of thioether (sulfide) groups is 2. The van der Waals surface area contributed by atoms with Gasteiger partial charge in [-0.05, 0) is 181 Å². The van der Waals surface area contributed by atoms with Crippen molar-refractivity contribution in [2.45, 2.75) is 158 Å². The maximum Gasteiger partial charge on any atom is 0.00643 e. The summed E-state index contributed by atoms with van der Waals surface area (Å²) in [5, 5.41) is 14.5. The van der Waals surface area contributed by atoms with Crippen LogP contribution < -0.4 is 21.3 Å². The van der Waals surface area contributed by atoms with Gasteiger partial charge >= 0.3 is 0 Å². The van der Waals surface area contributed by atoms with Crippen molar-refractivity contribution in [1.29, 1.82) is 0 Å². The van der Waals surface area contributed by atoms with Gasteiger partial charge in [0.2, 0.25) is 0 Å². The van der Waals surface area contributed by atoms with E-state index in [1.165, 1.54) is 114 Å². The molecule has 0 aromatic rings. The Kier molecular flexibility index (Phi) is 27.3. The first-order chi connectivity index (χ1) is 22.8. The van der Waals surface area contributed by atoms with Gasteiger partial charge in [0.05, 0.1) is 0 Å². The zero-order chi connectivity index (χ0) is 35.9. The fourth-order valence-electron chi connectivity index (χ4n) is 6.76. The average Bonchev–Trinajstić information content (AvgIpc) is 3.07. The van der Waals surface area contributed by atoms with Crippen molar-refractivity contribution in [3.63, 3.8) is 0 Å². The van der Waals surface area contributed by atoms with E-state index in [4.69, 9.17) is 0 Å². The van der Waals surface area contributed by atoms with Crippen molar-refractivity contribution in [3.8, 4) is 0 Å². The second-order valence-corrected chi connectivity index (χ2v) is 19.8. The van der Waals surface area contributed by atoms with Crippen LogP contribution in [0.3, 0.4) is 0 Å². The molecule has 0 radical (unpaired) electrons. The third kappa shape index (κ3) is 21.8. The third-order valence-electron chi connectivity index (χ3n) is 12.8. The van der Waals surface area contributed by atoms with Crippen molar-refractivity contribution in [3.05, 3.63) is 0 Å². The first-order valence-electron chi connectivity index (χ1n) is 20.9. The highest BCUT2D eigenvalue weighted by Gasteiger charge is 2.18. The molecule has 6 heteroatoms. The molecular weight excluding hydrogens is 625 g/mol. The van der Waals surface area contributed by atoms with Gasteiger partial charge in [-0.25, -0.2) is 0 Å². The standard InChI is InChI=1S/4C7H15N.2C7H14S/c2*1-6-3-4-8-5-7(6)2;2*1-6-4-3-5-8-7(6)2;1-6-3-4-8-5-7(6)2;1-6-4-3-5-8-7(6)2/h4*6-8H,3-5H2,1-2H3;2*6-7H,3-5H2,1-2H3. The van der Waals surface area contributed by atoms with E-state index in [0.29, 0.717) is 0 Å². The second-order valence-electron chi connectivity index (χ2n) is 17.1. The molecule has 12 unspecified atom stereocenters. The smallest absolute Gasteiger partial charge is 0.00643 e. The Labute approximate surface area is 311 Å². The summed E-state index contributed by atoms with van der Waals surface area (Å²) < 4.78 is 0. The van der Waals surface area contributed by atoms with E-state index in [-0.39, 0.29) is 0 Å². The quantitative estimate of drug-likeness (QED) is 0.201. The minimum atomic E-state index is 0.753. The van der Waals surface area contributed by atoms with Crippen LogP contribution in [0.2, 0.25) is 0 Å². The van der Waals surface area contributed by atoms with Crippen molar-refractivity contribution in [2.75, 3.05) is 56.5 Å². The Morgan fingerprint density at radius 3 is 1.10 bits per heavy atom. The van der Waals surface area contributed by atoms with Gasteiger partial charge < -0.3 is 21.3 Å². The Morgan fingerprint density at radius 1 is 0.396 bits per heavy atom. The molecule has 0 aromatic heterocycles. The number of piperidine rings is 4. The summed E-state index contributed by atoms with van der Waals surface area (Å²) in [7, 11) is 0. The first kappa shape index (κ1) is 46.6. The highest BCUT2D eigenvalue weighted by atomic mass is 32.2. The summed E-state index contributed by atoms with van der Waals surface area (Å²) in [5.74, 6) is 12.5. The lowest BCUT2D eigenvalue weighted by molar-refractivity contribution is 0.295. The maximum atomic E-state index is 3.43. The van der Waals surface area contributed by atoms with E-state index in [0.717, 1.165) is 70.6 Å². The van der Waals surface area contributed by atoms with Gasteiger partial charge in [-0.15, -0.1) is 0 Å². The van der Waals surface area contributed by atoms with Crippen LogP contribution in [-0.4, -0.2) is 73.9 Å². The Morgan fingerprint density at radius 2 is 0.854 bits per heavy atom. The van der Waals surface area contributed by atoms with Gasteiger partial charge in [-0.1, -0.05) is 69.2 Å². The number of rotatable bonds is 0. The molecule has 4 N–H and O–H groups in total. The molecule has 6 rings (SSSR count).